The molecule has 0 aliphatic rings. The topological polar surface area (TPSA) is 44.2 Å². The van der Waals surface area contributed by atoms with Crippen molar-refractivity contribution >= 4 is 15.9 Å². The van der Waals surface area contributed by atoms with Crippen molar-refractivity contribution in [2.24, 2.45) is 0 Å². The Morgan fingerprint density at radius 2 is 2.12 bits per heavy atom. The zero-order chi connectivity index (χ0) is 12.3. The number of benzene rings is 1. The summed E-state index contributed by atoms with van der Waals surface area (Å²) in [6.45, 7) is 0. The fourth-order valence-electron chi connectivity index (χ4n) is 1.13. The summed E-state index contributed by atoms with van der Waals surface area (Å²) in [5.74, 6) is 0.478. The largest absolute Gasteiger partial charge is 0.481 e. The van der Waals surface area contributed by atoms with Gasteiger partial charge in [-0.05, 0) is 34.1 Å². The predicted molar refractivity (Wildman–Crippen MR) is 62.8 cm³/mol. The first-order valence-corrected chi connectivity index (χ1v) is 5.48. The summed E-state index contributed by atoms with van der Waals surface area (Å²) in [7, 11) is 1.50. The van der Waals surface area contributed by atoms with Crippen LogP contribution in [-0.4, -0.2) is 17.1 Å². The molecule has 6 heteroatoms. The second kappa shape index (κ2) is 5.09. The third kappa shape index (κ3) is 2.91. The summed E-state index contributed by atoms with van der Waals surface area (Å²) < 4.78 is 23.6. The number of aromatic nitrogens is 2. The fourth-order valence-corrected chi connectivity index (χ4v) is 1.49. The molecule has 0 aliphatic carbocycles. The van der Waals surface area contributed by atoms with Crippen LogP contribution in [0.4, 0.5) is 4.39 Å². The molecular formula is C11H8BrFN2O2. The van der Waals surface area contributed by atoms with Crippen LogP contribution in [0.1, 0.15) is 0 Å². The normalized spacial score (nSPS) is 10.1. The average molecular weight is 299 g/mol. The van der Waals surface area contributed by atoms with Crippen LogP contribution in [0, 0.1) is 5.82 Å². The molecule has 0 bridgehead atoms. The van der Waals surface area contributed by atoms with Crippen LogP contribution in [0.5, 0.6) is 17.6 Å². The zero-order valence-electron chi connectivity index (χ0n) is 8.85. The molecule has 0 radical (unpaired) electrons. The molecule has 1 aromatic carbocycles. The van der Waals surface area contributed by atoms with Gasteiger partial charge < -0.3 is 9.47 Å². The van der Waals surface area contributed by atoms with Gasteiger partial charge >= 0.3 is 6.01 Å². The van der Waals surface area contributed by atoms with Gasteiger partial charge in [0, 0.05) is 12.3 Å². The Bertz CT molecular complexity index is 537. The summed E-state index contributed by atoms with van der Waals surface area (Å²) in [5.41, 5.74) is 0. The first-order valence-electron chi connectivity index (χ1n) is 4.69. The highest BCUT2D eigenvalue weighted by atomic mass is 79.9. The third-order valence-electron chi connectivity index (χ3n) is 1.92. The molecule has 0 unspecified atom stereocenters. The number of hydrogen-bond donors (Lipinski definition) is 0. The van der Waals surface area contributed by atoms with Crippen LogP contribution in [0.15, 0.2) is 34.9 Å². The molecule has 0 saturated carbocycles. The lowest BCUT2D eigenvalue weighted by Gasteiger charge is -2.05. The summed E-state index contributed by atoms with van der Waals surface area (Å²) in [4.78, 5) is 7.89. The van der Waals surface area contributed by atoms with E-state index in [9.17, 15) is 4.39 Å². The molecule has 17 heavy (non-hydrogen) atoms. The van der Waals surface area contributed by atoms with Gasteiger partial charge in [-0.2, -0.15) is 4.98 Å². The van der Waals surface area contributed by atoms with Crippen molar-refractivity contribution in [3.05, 3.63) is 40.8 Å². The van der Waals surface area contributed by atoms with Gasteiger partial charge in [0.15, 0.2) is 0 Å². The smallest absolute Gasteiger partial charge is 0.325 e. The first-order chi connectivity index (χ1) is 8.19. The lowest BCUT2D eigenvalue weighted by molar-refractivity contribution is 0.376. The van der Waals surface area contributed by atoms with Gasteiger partial charge in [0.1, 0.15) is 11.6 Å². The van der Waals surface area contributed by atoms with Crippen LogP contribution in [0.25, 0.3) is 0 Å². The average Bonchev–Trinajstić information content (AvgIpc) is 2.34. The maximum Gasteiger partial charge on any atom is 0.325 e. The highest BCUT2D eigenvalue weighted by Crippen LogP contribution is 2.25. The quantitative estimate of drug-likeness (QED) is 0.873. The van der Waals surface area contributed by atoms with Gasteiger partial charge in [-0.25, -0.2) is 9.37 Å². The van der Waals surface area contributed by atoms with Gasteiger partial charge in [-0.1, -0.05) is 0 Å². The minimum absolute atomic E-state index is 0.142. The SMILES string of the molecule is COc1ccnc(Oc2ccc(F)c(Br)c2)n1. The fraction of sp³-hybridized carbons (Fsp3) is 0.0909. The Labute approximate surface area is 106 Å². The van der Waals surface area contributed by atoms with Crippen LogP contribution in [0.2, 0.25) is 0 Å². The van der Waals surface area contributed by atoms with Crippen molar-refractivity contribution in [3.63, 3.8) is 0 Å². The van der Waals surface area contributed by atoms with Gasteiger partial charge in [0.2, 0.25) is 5.88 Å². The summed E-state index contributed by atoms with van der Waals surface area (Å²) in [6.07, 6.45) is 1.51. The summed E-state index contributed by atoms with van der Waals surface area (Å²) >= 11 is 3.07. The molecule has 1 heterocycles. The van der Waals surface area contributed by atoms with Crippen LogP contribution < -0.4 is 9.47 Å². The number of nitrogens with zero attached hydrogens (tertiary/aromatic N) is 2. The van der Waals surface area contributed by atoms with E-state index in [2.05, 4.69) is 25.9 Å². The summed E-state index contributed by atoms with van der Waals surface area (Å²) in [5, 5.41) is 0. The number of hydrogen-bond acceptors (Lipinski definition) is 4. The van der Waals surface area contributed by atoms with Crippen molar-refractivity contribution in [2.45, 2.75) is 0 Å². The molecule has 0 N–H and O–H groups in total. The van der Waals surface area contributed by atoms with E-state index in [-0.39, 0.29) is 11.8 Å². The van der Waals surface area contributed by atoms with Crippen LogP contribution >= 0.6 is 15.9 Å². The standard InChI is InChI=1S/C11H8BrFN2O2/c1-16-10-4-5-14-11(15-10)17-7-2-3-9(13)8(12)6-7/h2-6H,1H3. The van der Waals surface area contributed by atoms with Crippen molar-refractivity contribution in [1.29, 1.82) is 0 Å². The molecule has 0 spiro atoms. The highest BCUT2D eigenvalue weighted by molar-refractivity contribution is 9.10. The minimum atomic E-state index is -0.357. The predicted octanol–water partition coefficient (Wildman–Crippen LogP) is 3.18. The number of methoxy groups -OCH3 is 1. The van der Waals surface area contributed by atoms with Crippen molar-refractivity contribution in [3.8, 4) is 17.6 Å². The molecule has 1 aromatic heterocycles. The lowest BCUT2D eigenvalue weighted by atomic mass is 10.3. The van der Waals surface area contributed by atoms with E-state index in [0.717, 1.165) is 0 Å². The molecule has 0 aliphatic heterocycles. The van der Waals surface area contributed by atoms with Gasteiger partial charge in [0.05, 0.1) is 11.6 Å². The monoisotopic (exact) mass is 298 g/mol. The van der Waals surface area contributed by atoms with Crippen molar-refractivity contribution in [2.75, 3.05) is 7.11 Å². The van der Waals surface area contributed by atoms with Crippen LogP contribution in [0.3, 0.4) is 0 Å². The molecule has 88 valence electrons. The Hall–Kier alpha value is -1.69. The van der Waals surface area contributed by atoms with E-state index < -0.39 is 0 Å². The third-order valence-corrected chi connectivity index (χ3v) is 2.52. The maximum atomic E-state index is 13.0. The van der Waals surface area contributed by atoms with Gasteiger partial charge in [-0.15, -0.1) is 0 Å². The van der Waals surface area contributed by atoms with E-state index in [1.54, 1.807) is 6.07 Å². The first kappa shape index (κ1) is 11.8. The van der Waals surface area contributed by atoms with Gasteiger partial charge in [-0.3, -0.25) is 0 Å². The Morgan fingerprint density at radius 1 is 1.29 bits per heavy atom. The maximum absolute atomic E-state index is 13.0. The molecule has 0 atom stereocenters. The number of ether oxygens (including phenoxy) is 2. The molecule has 0 fully saturated rings. The lowest BCUT2D eigenvalue weighted by Crippen LogP contribution is -1.94. The molecule has 0 amide bonds. The van der Waals surface area contributed by atoms with E-state index in [4.69, 9.17) is 9.47 Å². The Kier molecular flexibility index (Phi) is 3.53. The zero-order valence-corrected chi connectivity index (χ0v) is 10.4. The van der Waals surface area contributed by atoms with Crippen LogP contribution in [-0.2, 0) is 0 Å². The molecule has 2 aromatic rings. The molecule has 2 rings (SSSR count). The minimum Gasteiger partial charge on any atom is -0.481 e. The second-order valence-electron chi connectivity index (χ2n) is 3.06. The summed E-state index contributed by atoms with van der Waals surface area (Å²) in [6, 6.07) is 6.02. The second-order valence-corrected chi connectivity index (χ2v) is 3.91. The number of halogens is 2. The molecular weight excluding hydrogens is 291 g/mol. The van der Waals surface area contributed by atoms with Gasteiger partial charge in [0.25, 0.3) is 0 Å². The van der Waals surface area contributed by atoms with Crippen molar-refractivity contribution in [1.82, 2.24) is 9.97 Å². The van der Waals surface area contributed by atoms with Crippen molar-refractivity contribution < 1.29 is 13.9 Å². The Balaban J connectivity index is 2.22. The molecule has 4 nitrogen and oxygen atoms in total. The highest BCUT2D eigenvalue weighted by Gasteiger charge is 2.05. The van der Waals surface area contributed by atoms with E-state index in [0.29, 0.717) is 16.1 Å². The van der Waals surface area contributed by atoms with E-state index >= 15 is 0 Å². The number of rotatable bonds is 3. The van der Waals surface area contributed by atoms with E-state index in [1.807, 2.05) is 0 Å². The molecule has 0 saturated heterocycles. The Morgan fingerprint density at radius 3 is 2.82 bits per heavy atom. The van der Waals surface area contributed by atoms with E-state index in [1.165, 1.54) is 31.5 Å².